The van der Waals surface area contributed by atoms with Gasteiger partial charge >= 0.3 is 11.4 Å². The lowest BCUT2D eigenvalue weighted by Crippen LogP contribution is -2.37. The van der Waals surface area contributed by atoms with Gasteiger partial charge in [0.05, 0.1) is 21.8 Å². The first-order valence-corrected chi connectivity index (χ1v) is 13.3. The van der Waals surface area contributed by atoms with Crippen LogP contribution in [0.5, 0.6) is 0 Å². The summed E-state index contributed by atoms with van der Waals surface area (Å²) in [6, 6.07) is 13.9. The molecule has 2 aromatic heterocycles. The summed E-state index contributed by atoms with van der Waals surface area (Å²) < 4.78 is 2.42. The van der Waals surface area contributed by atoms with E-state index in [0.29, 0.717) is 60.8 Å². The first-order chi connectivity index (χ1) is 18.9. The highest BCUT2D eigenvalue weighted by Gasteiger charge is 2.11. The SMILES string of the molecule is CC(=O)N(CCCCNCCCn1c(=O)[nH]c2ccccc2c1=O)CCCn1c(=O)[nH]c2ccccc2c1=O.Cl. The number of halogens is 1. The summed E-state index contributed by atoms with van der Waals surface area (Å²) in [5.74, 6) is -0.0474. The maximum Gasteiger partial charge on any atom is 0.328 e. The monoisotopic (exact) mass is 570 g/mol. The van der Waals surface area contributed by atoms with E-state index in [1.54, 1.807) is 53.4 Å². The lowest BCUT2D eigenvalue weighted by atomic mass is 10.2. The number of hydrogen-bond acceptors (Lipinski definition) is 6. The molecule has 12 heteroatoms. The number of nitrogens with one attached hydrogen (secondary N) is 3. The predicted molar refractivity (Wildman–Crippen MR) is 158 cm³/mol. The first-order valence-electron chi connectivity index (χ1n) is 13.3. The van der Waals surface area contributed by atoms with Crippen molar-refractivity contribution in [1.29, 1.82) is 0 Å². The molecule has 11 nitrogen and oxygen atoms in total. The molecule has 0 radical (unpaired) electrons. The van der Waals surface area contributed by atoms with Crippen molar-refractivity contribution in [3.05, 3.63) is 90.2 Å². The molecular formula is C28H35ClN6O5. The highest BCUT2D eigenvalue weighted by molar-refractivity contribution is 5.85. The Labute approximate surface area is 236 Å². The number of benzene rings is 2. The average molecular weight is 571 g/mol. The van der Waals surface area contributed by atoms with Gasteiger partial charge < -0.3 is 20.2 Å². The van der Waals surface area contributed by atoms with E-state index in [1.807, 2.05) is 0 Å². The van der Waals surface area contributed by atoms with Crippen molar-refractivity contribution in [1.82, 2.24) is 29.3 Å². The van der Waals surface area contributed by atoms with Crippen molar-refractivity contribution < 1.29 is 4.79 Å². The summed E-state index contributed by atoms with van der Waals surface area (Å²) in [7, 11) is 0. The van der Waals surface area contributed by atoms with Crippen LogP contribution < -0.4 is 27.8 Å². The Hall–Kier alpha value is -3.96. The summed E-state index contributed by atoms with van der Waals surface area (Å²) in [5.41, 5.74) is -0.414. The van der Waals surface area contributed by atoms with Gasteiger partial charge in [-0.25, -0.2) is 9.59 Å². The third kappa shape index (κ3) is 7.36. The van der Waals surface area contributed by atoms with Gasteiger partial charge in [-0.2, -0.15) is 0 Å². The second-order valence-electron chi connectivity index (χ2n) is 9.54. The smallest absolute Gasteiger partial charge is 0.328 e. The lowest BCUT2D eigenvalue weighted by molar-refractivity contribution is -0.129. The van der Waals surface area contributed by atoms with Crippen LogP contribution in [0.25, 0.3) is 21.8 Å². The van der Waals surface area contributed by atoms with Gasteiger partial charge in [-0.15, -0.1) is 12.4 Å². The van der Waals surface area contributed by atoms with Crippen LogP contribution in [0.2, 0.25) is 0 Å². The fourth-order valence-electron chi connectivity index (χ4n) is 4.69. The molecule has 2 aromatic carbocycles. The second-order valence-corrected chi connectivity index (χ2v) is 9.54. The van der Waals surface area contributed by atoms with Crippen molar-refractivity contribution in [3.8, 4) is 0 Å². The molecule has 0 aliphatic carbocycles. The number of carbonyl (C=O) groups is 1. The normalized spacial score (nSPS) is 11.0. The molecular weight excluding hydrogens is 536 g/mol. The van der Waals surface area contributed by atoms with Gasteiger partial charge in [-0.05, 0) is 63.0 Å². The number of nitrogens with zero attached hydrogens (tertiary/aromatic N) is 3. The lowest BCUT2D eigenvalue weighted by Gasteiger charge is -2.21. The Bertz CT molecular complexity index is 1690. The van der Waals surface area contributed by atoms with Crippen LogP contribution in [0.4, 0.5) is 0 Å². The Morgan fingerprint density at radius 1 is 0.725 bits per heavy atom. The van der Waals surface area contributed by atoms with Crippen molar-refractivity contribution in [2.45, 2.75) is 45.7 Å². The minimum absolute atomic E-state index is 0. The number of fused-ring (bicyclic) bond motifs is 2. The molecule has 0 atom stereocenters. The number of amides is 1. The fourth-order valence-corrected chi connectivity index (χ4v) is 4.69. The molecule has 0 saturated carbocycles. The zero-order valence-electron chi connectivity index (χ0n) is 22.5. The number of H-pyrrole nitrogens is 2. The molecule has 2 heterocycles. The van der Waals surface area contributed by atoms with E-state index in [0.717, 1.165) is 19.4 Å². The Morgan fingerprint density at radius 2 is 1.20 bits per heavy atom. The topological polar surface area (TPSA) is 142 Å². The summed E-state index contributed by atoms with van der Waals surface area (Å²) >= 11 is 0. The summed E-state index contributed by atoms with van der Waals surface area (Å²) in [6.45, 7) is 4.52. The first kappa shape index (κ1) is 30.6. The third-order valence-corrected chi connectivity index (χ3v) is 6.80. The van der Waals surface area contributed by atoms with Crippen LogP contribution in [-0.4, -0.2) is 56.1 Å². The van der Waals surface area contributed by atoms with E-state index in [-0.39, 0.29) is 36.0 Å². The molecule has 0 aliphatic heterocycles. The van der Waals surface area contributed by atoms with Gasteiger partial charge in [0, 0.05) is 33.1 Å². The zero-order chi connectivity index (χ0) is 27.8. The van der Waals surface area contributed by atoms with Crippen LogP contribution in [0, 0.1) is 0 Å². The second kappa shape index (κ2) is 14.4. The molecule has 0 saturated heterocycles. The molecule has 1 amide bonds. The van der Waals surface area contributed by atoms with Crippen LogP contribution in [0.1, 0.15) is 32.6 Å². The molecule has 0 bridgehead atoms. The van der Waals surface area contributed by atoms with Gasteiger partial charge in [-0.1, -0.05) is 24.3 Å². The van der Waals surface area contributed by atoms with Gasteiger partial charge in [-0.3, -0.25) is 23.5 Å². The van der Waals surface area contributed by atoms with Crippen LogP contribution in [-0.2, 0) is 17.9 Å². The number of unbranched alkanes of at least 4 members (excludes halogenated alkanes) is 1. The standard InChI is InChI=1S/C28H34N6O5.ClH/c1-20(35)32(17-9-19-34-26(37)22-11-3-5-13-24(22)31-28(34)39)16-7-6-14-29-15-8-18-33-25(36)21-10-2-4-12-23(21)30-27(33)38;/h2-5,10-13,29H,6-9,14-19H2,1H3,(H,30,38)(H,31,39);1H. The summed E-state index contributed by atoms with van der Waals surface area (Å²) in [5, 5.41) is 4.28. The van der Waals surface area contributed by atoms with Crippen molar-refractivity contribution in [3.63, 3.8) is 0 Å². The van der Waals surface area contributed by atoms with Gasteiger partial charge in [0.1, 0.15) is 0 Å². The van der Waals surface area contributed by atoms with Crippen LogP contribution in [0.3, 0.4) is 0 Å². The highest BCUT2D eigenvalue weighted by atomic mass is 35.5. The highest BCUT2D eigenvalue weighted by Crippen LogP contribution is 2.05. The van der Waals surface area contributed by atoms with Gasteiger partial charge in [0.15, 0.2) is 0 Å². The Morgan fingerprint density at radius 3 is 1.75 bits per heavy atom. The molecule has 3 N–H and O–H groups in total. The van der Waals surface area contributed by atoms with E-state index in [4.69, 9.17) is 0 Å². The van der Waals surface area contributed by atoms with Crippen molar-refractivity contribution >= 4 is 40.1 Å². The number of aromatic amines is 2. The average Bonchev–Trinajstić information content (AvgIpc) is 2.92. The van der Waals surface area contributed by atoms with E-state index in [1.165, 1.54) is 16.1 Å². The maximum absolute atomic E-state index is 12.7. The number of hydrogen-bond donors (Lipinski definition) is 3. The zero-order valence-corrected chi connectivity index (χ0v) is 23.3. The van der Waals surface area contributed by atoms with Gasteiger partial charge in [0.2, 0.25) is 5.91 Å². The van der Waals surface area contributed by atoms with E-state index >= 15 is 0 Å². The van der Waals surface area contributed by atoms with Crippen molar-refractivity contribution in [2.75, 3.05) is 26.2 Å². The molecule has 40 heavy (non-hydrogen) atoms. The number of aromatic nitrogens is 4. The molecule has 0 fully saturated rings. The maximum atomic E-state index is 12.7. The van der Waals surface area contributed by atoms with E-state index in [9.17, 15) is 24.0 Å². The minimum atomic E-state index is -0.450. The minimum Gasteiger partial charge on any atom is -0.343 e. The van der Waals surface area contributed by atoms with Crippen molar-refractivity contribution in [2.24, 2.45) is 0 Å². The predicted octanol–water partition coefficient (Wildman–Crippen LogP) is 1.81. The molecule has 0 spiro atoms. The fraction of sp³-hybridized carbons (Fsp3) is 0.393. The van der Waals surface area contributed by atoms with Gasteiger partial charge in [0.25, 0.3) is 11.1 Å². The quantitative estimate of drug-likeness (QED) is 0.209. The number of para-hydroxylation sites is 2. The Kier molecular flexibility index (Phi) is 11.0. The number of rotatable bonds is 13. The molecule has 0 unspecified atom stereocenters. The largest absolute Gasteiger partial charge is 0.343 e. The number of carbonyl (C=O) groups excluding carboxylic acids is 1. The molecule has 4 aromatic rings. The summed E-state index contributed by atoms with van der Waals surface area (Å²) in [4.78, 5) is 69.1. The third-order valence-electron chi connectivity index (χ3n) is 6.80. The Balaban J connectivity index is 0.00000441. The van der Waals surface area contributed by atoms with Crippen LogP contribution in [0.15, 0.2) is 67.7 Å². The molecule has 0 aliphatic rings. The summed E-state index contributed by atoms with van der Waals surface area (Å²) in [6.07, 6.45) is 2.78. The van der Waals surface area contributed by atoms with E-state index in [2.05, 4.69) is 15.3 Å². The van der Waals surface area contributed by atoms with E-state index < -0.39 is 11.4 Å². The molecule has 4 rings (SSSR count). The van der Waals surface area contributed by atoms with Crippen LogP contribution >= 0.6 is 12.4 Å². The molecule has 214 valence electrons.